The molecule has 11 heteroatoms. The number of aliphatic carboxylic acids is 1. The number of carbonyl (C=O) groups excluding carboxylic acids is 2. The van der Waals surface area contributed by atoms with E-state index < -0.39 is 34.4 Å². The van der Waals surface area contributed by atoms with Gasteiger partial charge < -0.3 is 19.8 Å². The lowest BCUT2D eigenvalue weighted by atomic mass is 9.91. The van der Waals surface area contributed by atoms with Gasteiger partial charge in [-0.2, -0.15) is 0 Å². The van der Waals surface area contributed by atoms with Crippen molar-refractivity contribution in [2.45, 2.75) is 36.9 Å². The van der Waals surface area contributed by atoms with Crippen molar-refractivity contribution in [3.8, 4) is 11.3 Å². The summed E-state index contributed by atoms with van der Waals surface area (Å²) in [5.74, 6) is -2.99. The molecular formula is C20H19ClFN3O5S. The summed E-state index contributed by atoms with van der Waals surface area (Å²) in [6.07, 6.45) is 0. The molecule has 2 aliphatic heterocycles. The van der Waals surface area contributed by atoms with Crippen LogP contribution < -0.4 is 5.32 Å². The summed E-state index contributed by atoms with van der Waals surface area (Å²) < 4.78 is 18.8. The third kappa shape index (κ3) is 3.38. The number of β-lactam (4-membered cyclic amide) rings is 1. The molecule has 0 radical (unpaired) electrons. The highest BCUT2D eigenvalue weighted by Crippen LogP contribution is 2.53. The molecule has 2 saturated heterocycles. The number of benzene rings is 1. The largest absolute Gasteiger partial charge is 0.480 e. The maximum Gasteiger partial charge on any atom is 0.327 e. The van der Waals surface area contributed by atoms with Crippen LogP contribution in [0, 0.1) is 18.7 Å². The van der Waals surface area contributed by atoms with E-state index in [0.717, 1.165) is 0 Å². The minimum absolute atomic E-state index is 0.00329. The van der Waals surface area contributed by atoms with E-state index in [-0.39, 0.29) is 45.4 Å². The van der Waals surface area contributed by atoms with E-state index in [0.29, 0.717) is 0 Å². The van der Waals surface area contributed by atoms with E-state index in [9.17, 15) is 23.9 Å². The molecule has 2 fully saturated rings. The Morgan fingerprint density at radius 3 is 2.77 bits per heavy atom. The SMILES string of the molecule is Cc1onc(-c2c(F)cccc2Cl)c1C(=O)NC[C@@H]1C(=O)N2[C@@H]1SC(C)(C)[C@@H]2C(=O)O. The minimum atomic E-state index is -1.05. The topological polar surface area (TPSA) is 113 Å². The Hall–Kier alpha value is -2.59. The highest BCUT2D eigenvalue weighted by Gasteiger charge is 2.63. The van der Waals surface area contributed by atoms with Crippen molar-refractivity contribution < 1.29 is 28.4 Å². The number of fused-ring (bicyclic) bond motifs is 1. The van der Waals surface area contributed by atoms with Crippen LogP contribution in [-0.4, -0.2) is 55.7 Å². The zero-order valence-corrected chi connectivity index (χ0v) is 18.4. The number of halogens is 2. The van der Waals surface area contributed by atoms with Gasteiger partial charge in [-0.1, -0.05) is 22.8 Å². The summed E-state index contributed by atoms with van der Waals surface area (Å²) in [5, 5.41) is 15.7. The fourth-order valence-electron chi connectivity index (χ4n) is 4.10. The molecular weight excluding hydrogens is 449 g/mol. The zero-order valence-electron chi connectivity index (χ0n) is 16.8. The Morgan fingerprint density at radius 1 is 1.42 bits per heavy atom. The van der Waals surface area contributed by atoms with E-state index in [4.69, 9.17) is 16.1 Å². The fraction of sp³-hybridized carbons (Fsp3) is 0.400. The Bertz CT molecular complexity index is 1080. The van der Waals surface area contributed by atoms with Gasteiger partial charge in [0.05, 0.1) is 21.9 Å². The van der Waals surface area contributed by atoms with Crippen molar-refractivity contribution in [3.05, 3.63) is 40.4 Å². The predicted molar refractivity (Wildman–Crippen MR) is 111 cm³/mol. The van der Waals surface area contributed by atoms with Gasteiger partial charge in [-0.05, 0) is 32.9 Å². The molecule has 8 nitrogen and oxygen atoms in total. The molecule has 31 heavy (non-hydrogen) atoms. The molecule has 0 aliphatic carbocycles. The van der Waals surface area contributed by atoms with E-state index in [2.05, 4.69) is 10.5 Å². The molecule has 164 valence electrons. The van der Waals surface area contributed by atoms with Crippen LogP contribution in [0.1, 0.15) is 30.0 Å². The number of carboxylic acid groups (broad SMARTS) is 1. The normalized spacial score (nSPS) is 24.0. The van der Waals surface area contributed by atoms with Crippen molar-refractivity contribution >= 4 is 41.1 Å². The number of amides is 2. The van der Waals surface area contributed by atoms with Crippen LogP contribution in [0.4, 0.5) is 4.39 Å². The van der Waals surface area contributed by atoms with E-state index in [1.807, 2.05) is 0 Å². The van der Waals surface area contributed by atoms with Crippen LogP contribution in [0.3, 0.4) is 0 Å². The quantitative estimate of drug-likeness (QED) is 0.650. The first-order valence-electron chi connectivity index (χ1n) is 9.46. The van der Waals surface area contributed by atoms with E-state index in [1.54, 1.807) is 13.8 Å². The average molecular weight is 468 g/mol. The number of rotatable bonds is 5. The number of carboxylic acids is 1. The van der Waals surface area contributed by atoms with Crippen LogP contribution in [0.5, 0.6) is 0 Å². The van der Waals surface area contributed by atoms with E-state index in [1.165, 1.54) is 41.8 Å². The van der Waals surface area contributed by atoms with Gasteiger partial charge in [-0.3, -0.25) is 9.59 Å². The second kappa shape index (κ2) is 7.52. The molecule has 0 spiro atoms. The molecule has 0 saturated carbocycles. The lowest BCUT2D eigenvalue weighted by Gasteiger charge is -2.43. The first kappa shape index (κ1) is 21.6. The summed E-state index contributed by atoms with van der Waals surface area (Å²) in [6.45, 7) is 5.08. The molecule has 4 rings (SSSR count). The lowest BCUT2D eigenvalue weighted by molar-refractivity contribution is -0.163. The van der Waals surface area contributed by atoms with Crippen molar-refractivity contribution in [2.75, 3.05) is 6.54 Å². The summed E-state index contributed by atoms with van der Waals surface area (Å²) in [7, 11) is 0. The van der Waals surface area contributed by atoms with Crippen LogP contribution >= 0.6 is 23.4 Å². The van der Waals surface area contributed by atoms with Gasteiger partial charge in [0.15, 0.2) is 0 Å². The molecule has 1 aromatic heterocycles. The van der Waals surface area contributed by atoms with Gasteiger partial charge in [0.25, 0.3) is 5.91 Å². The number of thioether (sulfide) groups is 1. The predicted octanol–water partition coefficient (Wildman–Crippen LogP) is 2.94. The molecule has 3 heterocycles. The van der Waals surface area contributed by atoms with Gasteiger partial charge in [0.2, 0.25) is 5.91 Å². The Kier molecular flexibility index (Phi) is 5.25. The smallest absolute Gasteiger partial charge is 0.327 e. The summed E-state index contributed by atoms with van der Waals surface area (Å²) in [6, 6.07) is 3.20. The maximum atomic E-state index is 14.3. The summed E-state index contributed by atoms with van der Waals surface area (Å²) >= 11 is 7.50. The van der Waals surface area contributed by atoms with Gasteiger partial charge in [-0.25, -0.2) is 9.18 Å². The van der Waals surface area contributed by atoms with Crippen LogP contribution in [0.25, 0.3) is 11.3 Å². The first-order valence-corrected chi connectivity index (χ1v) is 10.7. The van der Waals surface area contributed by atoms with Crippen molar-refractivity contribution in [1.82, 2.24) is 15.4 Å². The molecule has 1 aromatic carbocycles. The molecule has 3 atom stereocenters. The third-order valence-corrected chi connectivity index (χ3v) is 7.50. The number of hydrogen-bond acceptors (Lipinski definition) is 6. The standard InChI is InChI=1S/C20H19ClFN3O5S/c1-8-12(14(24-30-8)13-10(21)5-4-6-11(13)22)16(26)23-7-9-17(27)25-15(19(28)29)20(2,3)31-18(9)25/h4-6,9,15,18H,7H2,1-3H3,(H,23,26)(H,28,29)/t9-,15+,18-/m1/s1. The highest BCUT2D eigenvalue weighted by molar-refractivity contribution is 8.01. The van der Waals surface area contributed by atoms with Gasteiger partial charge in [0, 0.05) is 11.3 Å². The Morgan fingerprint density at radius 2 is 2.13 bits per heavy atom. The van der Waals surface area contributed by atoms with Crippen LogP contribution in [-0.2, 0) is 9.59 Å². The second-order valence-electron chi connectivity index (χ2n) is 7.97. The summed E-state index contributed by atoms with van der Waals surface area (Å²) in [4.78, 5) is 38.4. The number of aryl methyl sites for hydroxylation is 1. The molecule has 0 unspecified atom stereocenters. The van der Waals surface area contributed by atoms with Gasteiger partial charge in [0.1, 0.15) is 28.9 Å². The first-order chi connectivity index (χ1) is 14.5. The number of hydrogen-bond donors (Lipinski definition) is 2. The number of nitrogens with one attached hydrogen (secondary N) is 1. The molecule has 2 aliphatic rings. The minimum Gasteiger partial charge on any atom is -0.480 e. The number of carbonyl (C=O) groups is 3. The van der Waals surface area contributed by atoms with Crippen LogP contribution in [0.2, 0.25) is 5.02 Å². The van der Waals surface area contributed by atoms with Crippen molar-refractivity contribution in [2.24, 2.45) is 5.92 Å². The summed E-state index contributed by atoms with van der Waals surface area (Å²) in [5.41, 5.74) is -0.0464. The third-order valence-electron chi connectivity index (χ3n) is 5.56. The molecule has 2 aromatic rings. The molecule has 2 amide bonds. The van der Waals surface area contributed by atoms with Gasteiger partial charge in [-0.15, -0.1) is 11.8 Å². The van der Waals surface area contributed by atoms with E-state index >= 15 is 0 Å². The Balaban J connectivity index is 1.52. The van der Waals surface area contributed by atoms with Crippen molar-refractivity contribution in [3.63, 3.8) is 0 Å². The van der Waals surface area contributed by atoms with Crippen molar-refractivity contribution in [1.29, 1.82) is 0 Å². The number of nitrogens with zero attached hydrogens (tertiary/aromatic N) is 2. The molecule has 2 N–H and O–H groups in total. The maximum absolute atomic E-state index is 14.3. The second-order valence-corrected chi connectivity index (χ2v) is 10.2. The highest BCUT2D eigenvalue weighted by atomic mass is 35.5. The van der Waals surface area contributed by atoms with Crippen LogP contribution in [0.15, 0.2) is 22.7 Å². The number of aromatic nitrogens is 1. The molecule has 0 bridgehead atoms. The van der Waals surface area contributed by atoms with Gasteiger partial charge >= 0.3 is 5.97 Å². The fourth-order valence-corrected chi connectivity index (χ4v) is 6.04. The monoisotopic (exact) mass is 467 g/mol. The average Bonchev–Trinajstić information content (AvgIpc) is 3.17. The zero-order chi connectivity index (χ0) is 22.7. The Labute approximate surface area is 186 Å². The lowest BCUT2D eigenvalue weighted by Crippen LogP contribution is -2.64.